The third-order valence-electron chi connectivity index (χ3n) is 5.97. The number of Topliss-reactive ketones (excluding diaryl/α,β-unsaturated/α-hetero) is 1. The summed E-state index contributed by atoms with van der Waals surface area (Å²) in [5, 5.41) is 11.2. The average molecular weight is 441 g/mol. The number of ether oxygens (including phenoxy) is 1. The average Bonchev–Trinajstić information content (AvgIpc) is 3.04. The second-order valence-electron chi connectivity index (χ2n) is 7.75. The highest BCUT2D eigenvalue weighted by Gasteiger charge is 2.46. The molecule has 0 spiro atoms. The van der Waals surface area contributed by atoms with Crippen LogP contribution in [-0.4, -0.2) is 59.9 Å². The molecule has 1 heterocycles. The van der Waals surface area contributed by atoms with Gasteiger partial charge in [-0.15, -0.1) is 0 Å². The third kappa shape index (κ3) is 4.53. The van der Waals surface area contributed by atoms with Gasteiger partial charge in [-0.25, -0.2) is 4.39 Å². The second-order valence-corrected chi connectivity index (χ2v) is 7.75. The molecule has 1 fully saturated rings. The van der Waals surface area contributed by atoms with Crippen LogP contribution in [0, 0.1) is 12.7 Å². The molecule has 0 aliphatic carbocycles. The molecular weight excluding hydrogens is 411 g/mol. The lowest BCUT2D eigenvalue weighted by molar-refractivity contribution is -0.140. The van der Waals surface area contributed by atoms with E-state index in [2.05, 4.69) is 4.90 Å². The molecule has 2 aromatic carbocycles. The maximum Gasteiger partial charge on any atom is 0.295 e. The van der Waals surface area contributed by atoms with E-state index in [1.807, 2.05) is 13.8 Å². The summed E-state index contributed by atoms with van der Waals surface area (Å²) in [7, 11) is 1.55. The predicted octanol–water partition coefficient (Wildman–Crippen LogP) is 3.91. The van der Waals surface area contributed by atoms with E-state index in [4.69, 9.17) is 4.74 Å². The number of amides is 1. The molecule has 1 saturated heterocycles. The number of carbonyl (C=O) groups excluding carboxylic acids is 2. The van der Waals surface area contributed by atoms with E-state index in [9.17, 15) is 19.1 Å². The van der Waals surface area contributed by atoms with E-state index >= 15 is 0 Å². The largest absolute Gasteiger partial charge is 0.507 e. The summed E-state index contributed by atoms with van der Waals surface area (Å²) in [4.78, 5) is 29.7. The van der Waals surface area contributed by atoms with E-state index in [1.54, 1.807) is 44.4 Å². The number of likely N-dealkylation sites (N-methyl/N-ethyl adjacent to an activating group) is 1. The van der Waals surface area contributed by atoms with Crippen molar-refractivity contribution in [2.24, 2.45) is 0 Å². The lowest BCUT2D eigenvalue weighted by Gasteiger charge is -2.28. The molecule has 6 nitrogen and oxygen atoms in total. The summed E-state index contributed by atoms with van der Waals surface area (Å²) in [6, 6.07) is 9.97. The molecule has 1 N–H and O–H groups in total. The number of nitrogens with zero attached hydrogens (tertiary/aromatic N) is 2. The van der Waals surface area contributed by atoms with E-state index in [1.165, 1.54) is 17.0 Å². The first kappa shape index (κ1) is 23.5. The number of benzene rings is 2. The molecule has 32 heavy (non-hydrogen) atoms. The van der Waals surface area contributed by atoms with Crippen molar-refractivity contribution < 1.29 is 23.8 Å². The summed E-state index contributed by atoms with van der Waals surface area (Å²) in [6.45, 7) is 8.37. The molecule has 1 amide bonds. The van der Waals surface area contributed by atoms with E-state index in [0.717, 1.165) is 13.1 Å². The molecule has 1 aliphatic heterocycles. The van der Waals surface area contributed by atoms with Crippen molar-refractivity contribution in [3.8, 4) is 5.75 Å². The number of rotatable bonds is 8. The van der Waals surface area contributed by atoms with Crippen molar-refractivity contribution in [2.75, 3.05) is 33.3 Å². The minimum Gasteiger partial charge on any atom is -0.507 e. The lowest BCUT2D eigenvalue weighted by Crippen LogP contribution is -2.38. The van der Waals surface area contributed by atoms with E-state index in [-0.39, 0.29) is 11.3 Å². The van der Waals surface area contributed by atoms with Crippen LogP contribution in [-0.2, 0) is 9.59 Å². The van der Waals surface area contributed by atoms with Crippen molar-refractivity contribution >= 4 is 17.4 Å². The number of aliphatic hydroxyl groups is 1. The van der Waals surface area contributed by atoms with Gasteiger partial charge in [0.15, 0.2) is 0 Å². The summed E-state index contributed by atoms with van der Waals surface area (Å²) in [6.07, 6.45) is 0. The van der Waals surface area contributed by atoms with Crippen LogP contribution in [0.4, 0.5) is 4.39 Å². The van der Waals surface area contributed by atoms with Gasteiger partial charge in [-0.2, -0.15) is 0 Å². The van der Waals surface area contributed by atoms with Crippen LogP contribution in [0.5, 0.6) is 5.75 Å². The first-order valence-electron chi connectivity index (χ1n) is 10.7. The molecule has 0 aromatic heterocycles. The standard InChI is InChI=1S/C25H29FN2O4/c1-5-27(6-2)13-14-28-22(17-7-9-18(26)10-8-17)21(24(30)25(28)31)23(29)20-12-11-19(32-4)15-16(20)3/h7-12,15,22,29H,5-6,13-14H2,1-4H3/t22-/m0/s1. The predicted molar refractivity (Wildman–Crippen MR) is 121 cm³/mol. The van der Waals surface area contributed by atoms with Crippen LogP contribution < -0.4 is 4.74 Å². The minimum absolute atomic E-state index is 0.00872. The molecule has 170 valence electrons. The molecule has 2 aromatic rings. The molecule has 3 rings (SSSR count). The number of aryl methyl sites for hydroxylation is 1. The SMILES string of the molecule is CCN(CC)CCN1C(=O)C(=O)C(=C(O)c2ccc(OC)cc2C)[C@@H]1c1ccc(F)cc1. The van der Waals surface area contributed by atoms with E-state index in [0.29, 0.717) is 35.5 Å². The summed E-state index contributed by atoms with van der Waals surface area (Å²) < 4.78 is 18.8. The number of aliphatic hydroxyl groups excluding tert-OH is 1. The second kappa shape index (κ2) is 9.96. The van der Waals surface area contributed by atoms with Crippen LogP contribution in [0.3, 0.4) is 0 Å². The highest BCUT2D eigenvalue weighted by Crippen LogP contribution is 2.40. The molecule has 1 aliphatic rings. The zero-order valence-electron chi connectivity index (χ0n) is 18.9. The van der Waals surface area contributed by atoms with Gasteiger partial charge >= 0.3 is 0 Å². The van der Waals surface area contributed by atoms with Crippen LogP contribution >= 0.6 is 0 Å². The first-order valence-corrected chi connectivity index (χ1v) is 10.7. The Morgan fingerprint density at radius 1 is 1.12 bits per heavy atom. The summed E-state index contributed by atoms with van der Waals surface area (Å²) in [5.41, 5.74) is 1.72. The number of ketones is 1. The molecule has 1 atom stereocenters. The first-order chi connectivity index (χ1) is 15.3. The van der Waals surface area contributed by atoms with Gasteiger partial charge in [0.05, 0.1) is 18.7 Å². The number of halogens is 1. The number of hydrogen-bond donors (Lipinski definition) is 1. The summed E-state index contributed by atoms with van der Waals surface area (Å²) >= 11 is 0. The Labute approximate surface area is 187 Å². The fourth-order valence-electron chi connectivity index (χ4n) is 4.07. The number of carbonyl (C=O) groups is 2. The van der Waals surface area contributed by atoms with Crippen LogP contribution in [0.15, 0.2) is 48.0 Å². The fourth-order valence-corrected chi connectivity index (χ4v) is 4.07. The molecule has 7 heteroatoms. The van der Waals surface area contributed by atoms with Gasteiger partial charge in [0, 0.05) is 18.7 Å². The number of likely N-dealkylation sites (tertiary alicyclic amines) is 1. The van der Waals surface area contributed by atoms with Gasteiger partial charge in [0.25, 0.3) is 11.7 Å². The van der Waals surface area contributed by atoms with Crippen molar-refractivity contribution in [3.05, 3.63) is 70.5 Å². The smallest absolute Gasteiger partial charge is 0.295 e. The van der Waals surface area contributed by atoms with Crippen molar-refractivity contribution in [1.82, 2.24) is 9.80 Å². The van der Waals surface area contributed by atoms with Gasteiger partial charge < -0.3 is 19.6 Å². The Hall–Kier alpha value is -3.19. The Morgan fingerprint density at radius 2 is 1.78 bits per heavy atom. The van der Waals surface area contributed by atoms with Crippen LogP contribution in [0.1, 0.15) is 36.6 Å². The van der Waals surface area contributed by atoms with Crippen LogP contribution in [0.2, 0.25) is 0 Å². The third-order valence-corrected chi connectivity index (χ3v) is 5.97. The van der Waals surface area contributed by atoms with E-state index < -0.39 is 23.5 Å². The zero-order chi connectivity index (χ0) is 23.4. The molecule has 0 bridgehead atoms. The fraction of sp³-hybridized carbons (Fsp3) is 0.360. The highest BCUT2D eigenvalue weighted by molar-refractivity contribution is 6.46. The van der Waals surface area contributed by atoms with Crippen molar-refractivity contribution in [3.63, 3.8) is 0 Å². The molecule has 0 saturated carbocycles. The Balaban J connectivity index is 2.12. The summed E-state index contributed by atoms with van der Waals surface area (Å²) in [5.74, 6) is -1.46. The maximum atomic E-state index is 13.6. The Morgan fingerprint density at radius 3 is 2.34 bits per heavy atom. The minimum atomic E-state index is -0.798. The Bertz CT molecular complexity index is 1030. The maximum absolute atomic E-state index is 13.6. The normalized spacial score (nSPS) is 17.9. The molecule has 0 radical (unpaired) electrons. The van der Waals surface area contributed by atoms with Gasteiger partial charge in [0.1, 0.15) is 17.3 Å². The van der Waals surface area contributed by atoms with Gasteiger partial charge in [-0.3, -0.25) is 9.59 Å². The Kier molecular flexibility index (Phi) is 7.30. The van der Waals surface area contributed by atoms with Crippen LogP contribution in [0.25, 0.3) is 5.76 Å². The van der Waals surface area contributed by atoms with Crippen molar-refractivity contribution in [1.29, 1.82) is 0 Å². The van der Waals surface area contributed by atoms with Crippen molar-refractivity contribution in [2.45, 2.75) is 26.8 Å². The zero-order valence-corrected chi connectivity index (χ0v) is 18.9. The van der Waals surface area contributed by atoms with Gasteiger partial charge in [0.2, 0.25) is 0 Å². The number of methoxy groups -OCH3 is 1. The topological polar surface area (TPSA) is 70.1 Å². The monoisotopic (exact) mass is 440 g/mol. The highest BCUT2D eigenvalue weighted by atomic mass is 19.1. The lowest BCUT2D eigenvalue weighted by atomic mass is 9.94. The molecule has 0 unspecified atom stereocenters. The van der Waals surface area contributed by atoms with Gasteiger partial charge in [-0.1, -0.05) is 26.0 Å². The quantitative estimate of drug-likeness (QED) is 0.383. The van der Waals surface area contributed by atoms with Gasteiger partial charge in [-0.05, 0) is 61.5 Å². The number of hydrogen-bond acceptors (Lipinski definition) is 5. The molecular formula is C25H29FN2O4.